The van der Waals surface area contributed by atoms with E-state index in [9.17, 15) is 32.2 Å². The highest BCUT2D eigenvalue weighted by Gasteiger charge is 2.55. The van der Waals surface area contributed by atoms with Gasteiger partial charge in [-0.25, -0.2) is 17.2 Å². The van der Waals surface area contributed by atoms with Crippen LogP contribution in [0.15, 0.2) is 41.3 Å². The van der Waals surface area contributed by atoms with Crippen LogP contribution in [0.2, 0.25) is 5.02 Å². The smallest absolute Gasteiger partial charge is 0.255 e. The number of hydrogen-bond donors (Lipinski definition) is 3. The molecule has 2 unspecified atom stereocenters. The summed E-state index contributed by atoms with van der Waals surface area (Å²) in [5.74, 6) is -3.47. The van der Waals surface area contributed by atoms with Crippen LogP contribution in [0.25, 0.3) is 0 Å². The number of ether oxygens (including phenoxy) is 1. The van der Waals surface area contributed by atoms with Crippen molar-refractivity contribution in [2.75, 3.05) is 18.5 Å². The lowest BCUT2D eigenvalue weighted by Gasteiger charge is -2.42. The second-order valence-electron chi connectivity index (χ2n) is 9.69. The van der Waals surface area contributed by atoms with Gasteiger partial charge in [0.05, 0.1) is 40.1 Å². The van der Waals surface area contributed by atoms with Crippen molar-refractivity contribution in [3.8, 4) is 0 Å². The fourth-order valence-electron chi connectivity index (χ4n) is 5.31. The fourth-order valence-corrected chi connectivity index (χ4v) is 7.71. The molecular formula is C25H28ClF2NO6S. The largest absolute Gasteiger partial charge is 0.391 e. The van der Waals surface area contributed by atoms with Gasteiger partial charge in [-0.1, -0.05) is 11.6 Å². The van der Waals surface area contributed by atoms with Gasteiger partial charge >= 0.3 is 0 Å². The average molecular weight is 544 g/mol. The van der Waals surface area contributed by atoms with E-state index >= 15 is 0 Å². The van der Waals surface area contributed by atoms with Crippen molar-refractivity contribution < 1.29 is 36.9 Å². The quantitative estimate of drug-likeness (QED) is 0.464. The first-order valence-corrected chi connectivity index (χ1v) is 13.6. The van der Waals surface area contributed by atoms with Gasteiger partial charge in [0.1, 0.15) is 0 Å². The topological polar surface area (TPSA) is 113 Å². The molecule has 2 fully saturated rings. The molecule has 2 bridgehead atoms. The lowest BCUT2D eigenvalue weighted by Crippen LogP contribution is -2.51. The number of rotatable bonds is 8. The van der Waals surface area contributed by atoms with Crippen LogP contribution >= 0.6 is 11.6 Å². The minimum atomic E-state index is -3.96. The van der Waals surface area contributed by atoms with Gasteiger partial charge < -0.3 is 20.3 Å². The van der Waals surface area contributed by atoms with E-state index in [4.69, 9.17) is 16.3 Å². The second kappa shape index (κ2) is 10.3. The zero-order valence-corrected chi connectivity index (χ0v) is 21.2. The molecule has 11 heteroatoms. The minimum Gasteiger partial charge on any atom is -0.391 e. The summed E-state index contributed by atoms with van der Waals surface area (Å²) in [6, 6.07) is 6.72. The van der Waals surface area contributed by atoms with Crippen molar-refractivity contribution in [3.63, 3.8) is 0 Å². The number of halogens is 3. The van der Waals surface area contributed by atoms with Crippen LogP contribution < -0.4 is 5.32 Å². The number of amides is 1. The Morgan fingerprint density at radius 3 is 2.44 bits per heavy atom. The Bertz CT molecular complexity index is 1240. The number of fused-ring (bicyclic) bond motifs is 2. The molecule has 0 aromatic heterocycles. The van der Waals surface area contributed by atoms with Crippen LogP contribution in [0.5, 0.6) is 0 Å². The Morgan fingerprint density at radius 1 is 1.17 bits per heavy atom. The minimum absolute atomic E-state index is 0.00971. The van der Waals surface area contributed by atoms with Crippen molar-refractivity contribution in [1.82, 2.24) is 0 Å². The molecule has 7 nitrogen and oxygen atoms in total. The van der Waals surface area contributed by atoms with Gasteiger partial charge in [0.25, 0.3) is 5.91 Å². The van der Waals surface area contributed by atoms with Crippen LogP contribution in [0, 0.1) is 23.5 Å². The predicted molar refractivity (Wildman–Crippen MR) is 130 cm³/mol. The van der Waals surface area contributed by atoms with E-state index in [1.165, 1.54) is 24.3 Å². The van der Waals surface area contributed by atoms with Crippen LogP contribution in [0.1, 0.15) is 43.0 Å². The Morgan fingerprint density at radius 2 is 1.83 bits per heavy atom. The molecule has 2 aromatic rings. The maximum Gasteiger partial charge on any atom is 0.255 e. The SMILES string of the molecule is C[C@H](O)COC[C@]1(O)C2CCC1C[C@@H](S(=O)(=O)c1cc(C(=O)Nc3ccc(F)c(F)c3)ccc1Cl)C2. The molecule has 0 heterocycles. The van der Waals surface area contributed by atoms with E-state index in [2.05, 4.69) is 5.32 Å². The standard InChI is InChI=1S/C25H28ClF2NO6S/c1-14(30)12-35-13-25(32)16-3-4-17(25)10-19(9-16)36(33,34)23-8-15(2-6-20(23)26)24(31)29-18-5-7-21(27)22(28)11-18/h2,5-8,11,14,16-17,19,30,32H,3-4,9-10,12-13H2,1H3,(H,29,31)/t14-,16?,17?,19-,25-/m0/s1. The van der Waals surface area contributed by atoms with Gasteiger partial charge in [0, 0.05) is 17.3 Å². The molecular weight excluding hydrogens is 516 g/mol. The molecule has 4 rings (SSSR count). The van der Waals surface area contributed by atoms with Crippen LogP contribution in [0.3, 0.4) is 0 Å². The third kappa shape index (κ3) is 5.28. The van der Waals surface area contributed by atoms with Crippen molar-refractivity contribution in [2.45, 2.75) is 54.5 Å². The van der Waals surface area contributed by atoms with E-state index in [-0.39, 0.29) is 59.1 Å². The lowest BCUT2D eigenvalue weighted by molar-refractivity contribution is -0.121. The summed E-state index contributed by atoms with van der Waals surface area (Å²) in [5.41, 5.74) is -1.15. The number of aliphatic hydroxyl groups excluding tert-OH is 1. The predicted octanol–water partition coefficient (Wildman–Crippen LogP) is 3.96. The summed E-state index contributed by atoms with van der Waals surface area (Å²) in [4.78, 5) is 12.5. The number of aliphatic hydroxyl groups is 2. The normalized spacial score (nSPS) is 26.6. The highest BCUT2D eigenvalue weighted by Crippen LogP contribution is 2.52. The molecule has 1 amide bonds. The van der Waals surface area contributed by atoms with Crippen molar-refractivity contribution in [1.29, 1.82) is 0 Å². The van der Waals surface area contributed by atoms with E-state index in [0.717, 1.165) is 12.1 Å². The molecule has 2 aliphatic rings. The molecule has 2 saturated carbocycles. The number of anilines is 1. The van der Waals surface area contributed by atoms with Gasteiger partial charge in [-0.15, -0.1) is 0 Å². The van der Waals surface area contributed by atoms with E-state index in [1.807, 2.05) is 0 Å². The summed E-state index contributed by atoms with van der Waals surface area (Å²) in [6.07, 6.45) is 1.09. The van der Waals surface area contributed by atoms with E-state index in [1.54, 1.807) is 6.92 Å². The highest BCUT2D eigenvalue weighted by atomic mass is 35.5. The zero-order chi connectivity index (χ0) is 26.3. The summed E-state index contributed by atoms with van der Waals surface area (Å²) in [5, 5.41) is 22.3. The number of benzene rings is 2. The lowest BCUT2D eigenvalue weighted by atomic mass is 9.75. The third-order valence-electron chi connectivity index (χ3n) is 7.18. The first-order chi connectivity index (χ1) is 16.9. The van der Waals surface area contributed by atoms with Crippen molar-refractivity contribution in [3.05, 3.63) is 58.6 Å². The summed E-state index contributed by atoms with van der Waals surface area (Å²) in [6.45, 7) is 1.69. The van der Waals surface area contributed by atoms with E-state index in [0.29, 0.717) is 12.8 Å². The van der Waals surface area contributed by atoms with Gasteiger partial charge in [-0.2, -0.15) is 0 Å². The molecule has 2 aromatic carbocycles. The molecule has 3 N–H and O–H groups in total. The van der Waals surface area contributed by atoms with Gasteiger partial charge in [-0.05, 0) is 74.8 Å². The Kier molecular flexibility index (Phi) is 7.73. The Balaban J connectivity index is 1.53. The van der Waals surface area contributed by atoms with E-state index < -0.39 is 44.3 Å². The Labute approximate surface area is 213 Å². The molecule has 0 radical (unpaired) electrons. The second-order valence-corrected chi connectivity index (χ2v) is 12.3. The zero-order valence-electron chi connectivity index (χ0n) is 19.6. The monoisotopic (exact) mass is 543 g/mol. The van der Waals surface area contributed by atoms with Crippen LogP contribution in [-0.4, -0.2) is 54.7 Å². The summed E-state index contributed by atoms with van der Waals surface area (Å²) in [7, 11) is -3.96. The first-order valence-electron chi connectivity index (χ1n) is 11.7. The first kappa shape index (κ1) is 26.9. The Hall–Kier alpha value is -2.11. The molecule has 196 valence electrons. The number of carbonyl (C=O) groups excluding carboxylic acids is 1. The van der Waals surface area contributed by atoms with Gasteiger partial charge in [0.2, 0.25) is 0 Å². The fraction of sp³-hybridized carbons (Fsp3) is 0.480. The van der Waals surface area contributed by atoms with Crippen molar-refractivity contribution >= 4 is 33.0 Å². The number of sulfone groups is 1. The molecule has 2 aliphatic carbocycles. The third-order valence-corrected chi connectivity index (χ3v) is 9.84. The van der Waals surface area contributed by atoms with Crippen molar-refractivity contribution in [2.24, 2.45) is 11.8 Å². The van der Waals surface area contributed by atoms with Crippen LogP contribution in [-0.2, 0) is 14.6 Å². The summed E-state index contributed by atoms with van der Waals surface area (Å²) < 4.78 is 59.3. The molecule has 0 aliphatic heterocycles. The molecule has 36 heavy (non-hydrogen) atoms. The molecule has 0 spiro atoms. The number of carbonyl (C=O) groups is 1. The maximum atomic E-state index is 13.6. The number of nitrogens with one attached hydrogen (secondary N) is 1. The maximum absolute atomic E-state index is 13.6. The van der Waals surface area contributed by atoms with Gasteiger partial charge in [-0.3, -0.25) is 4.79 Å². The van der Waals surface area contributed by atoms with Crippen LogP contribution in [0.4, 0.5) is 14.5 Å². The molecule has 0 saturated heterocycles. The highest BCUT2D eigenvalue weighted by molar-refractivity contribution is 7.92. The molecule has 3 atom stereocenters. The number of hydrogen-bond acceptors (Lipinski definition) is 6. The van der Waals surface area contributed by atoms with Gasteiger partial charge in [0.15, 0.2) is 21.5 Å². The summed E-state index contributed by atoms with van der Waals surface area (Å²) >= 11 is 6.25. The average Bonchev–Trinajstić information content (AvgIpc) is 2.98.